The highest BCUT2D eigenvalue weighted by Crippen LogP contribution is 2.14. The van der Waals surface area contributed by atoms with Crippen molar-refractivity contribution in [2.75, 3.05) is 13.2 Å². The molecule has 0 atom stereocenters. The number of hydrogen-bond donors (Lipinski definition) is 1. The monoisotopic (exact) mass is 346 g/mol. The molecule has 0 saturated carbocycles. The minimum atomic E-state index is -0.960. The molecule has 1 aromatic carbocycles. The fourth-order valence-electron chi connectivity index (χ4n) is 2.18. The van der Waals surface area contributed by atoms with Crippen LogP contribution in [0.25, 0.3) is 6.08 Å². The van der Waals surface area contributed by atoms with E-state index in [1.807, 2.05) is 24.3 Å². The molecule has 25 heavy (non-hydrogen) atoms. The number of esters is 1. The number of aliphatic carboxylic acids is 1. The van der Waals surface area contributed by atoms with Crippen LogP contribution in [0.15, 0.2) is 43.0 Å². The van der Waals surface area contributed by atoms with E-state index in [4.69, 9.17) is 14.6 Å². The molecular formula is C20H26O5. The van der Waals surface area contributed by atoms with Crippen LogP contribution in [0.3, 0.4) is 0 Å². The number of unbranched alkanes of at least 4 members (excludes halogenated alkanes) is 5. The zero-order chi connectivity index (χ0) is 18.3. The van der Waals surface area contributed by atoms with Gasteiger partial charge in [0.05, 0.1) is 13.2 Å². The summed E-state index contributed by atoms with van der Waals surface area (Å²) in [5.41, 5.74) is 0.827. The minimum Gasteiger partial charge on any atom is -0.494 e. The number of carboxylic acid groups (broad SMARTS) is 1. The molecule has 136 valence electrons. The molecule has 0 bridgehead atoms. The van der Waals surface area contributed by atoms with Gasteiger partial charge in [0, 0.05) is 12.2 Å². The Labute approximate surface area is 149 Å². The van der Waals surface area contributed by atoms with Gasteiger partial charge < -0.3 is 14.6 Å². The Hall–Kier alpha value is -2.56. The Morgan fingerprint density at radius 2 is 1.56 bits per heavy atom. The lowest BCUT2D eigenvalue weighted by Gasteiger charge is -2.06. The van der Waals surface area contributed by atoms with Gasteiger partial charge in [0.25, 0.3) is 0 Å². The Balaban J connectivity index is 2.01. The molecule has 5 nitrogen and oxygen atoms in total. The highest BCUT2D eigenvalue weighted by Gasteiger charge is 1.97. The van der Waals surface area contributed by atoms with Crippen LogP contribution < -0.4 is 4.74 Å². The van der Waals surface area contributed by atoms with Crippen molar-refractivity contribution in [2.24, 2.45) is 0 Å². The summed E-state index contributed by atoms with van der Waals surface area (Å²) in [6.45, 7) is 4.48. The third-order valence-electron chi connectivity index (χ3n) is 3.52. The van der Waals surface area contributed by atoms with Gasteiger partial charge in [-0.15, -0.1) is 0 Å². The third-order valence-corrected chi connectivity index (χ3v) is 3.52. The van der Waals surface area contributed by atoms with Gasteiger partial charge in [-0.25, -0.2) is 9.59 Å². The molecule has 0 aliphatic carbocycles. The summed E-state index contributed by atoms with van der Waals surface area (Å²) in [6, 6.07) is 7.33. The quantitative estimate of drug-likeness (QED) is 0.329. The van der Waals surface area contributed by atoms with Crippen molar-refractivity contribution in [3.8, 4) is 5.75 Å². The molecule has 0 saturated heterocycles. The number of ether oxygens (including phenoxy) is 2. The first-order valence-corrected chi connectivity index (χ1v) is 8.55. The lowest BCUT2D eigenvalue weighted by atomic mass is 10.1. The van der Waals surface area contributed by atoms with Crippen molar-refractivity contribution in [2.45, 2.75) is 38.5 Å². The van der Waals surface area contributed by atoms with Gasteiger partial charge >= 0.3 is 11.9 Å². The second-order valence-corrected chi connectivity index (χ2v) is 5.58. The fourth-order valence-corrected chi connectivity index (χ4v) is 2.18. The fraction of sp³-hybridized carbons (Fsp3) is 0.400. The van der Waals surface area contributed by atoms with Crippen LogP contribution in [0.4, 0.5) is 0 Å². The van der Waals surface area contributed by atoms with Crippen molar-refractivity contribution < 1.29 is 24.2 Å². The van der Waals surface area contributed by atoms with E-state index in [9.17, 15) is 9.59 Å². The molecular weight excluding hydrogens is 320 g/mol. The first-order chi connectivity index (χ1) is 12.1. The van der Waals surface area contributed by atoms with E-state index < -0.39 is 5.97 Å². The lowest BCUT2D eigenvalue weighted by molar-refractivity contribution is -0.138. The van der Waals surface area contributed by atoms with Crippen molar-refractivity contribution in [1.82, 2.24) is 0 Å². The number of carboxylic acids is 1. The summed E-state index contributed by atoms with van der Waals surface area (Å²) in [4.78, 5) is 21.3. The highest BCUT2D eigenvalue weighted by molar-refractivity contribution is 5.85. The maximum absolute atomic E-state index is 10.8. The number of carbonyl (C=O) groups is 2. The molecule has 0 aliphatic heterocycles. The maximum Gasteiger partial charge on any atom is 0.330 e. The van der Waals surface area contributed by atoms with Gasteiger partial charge in [0.15, 0.2) is 0 Å². The number of carbonyl (C=O) groups excluding carboxylic acids is 1. The number of rotatable bonds is 13. The second kappa shape index (κ2) is 12.8. The standard InChI is InChI=1S/C20H26O5/c1-2-20(23)25-16-8-6-4-3-5-7-15-24-18-12-9-17(10-13-18)11-14-19(21)22/h2,9-14H,1,3-8,15-16H2,(H,21,22). The van der Waals surface area contributed by atoms with Crippen molar-refractivity contribution in [1.29, 1.82) is 0 Å². The molecule has 1 aromatic rings. The molecule has 0 aliphatic rings. The van der Waals surface area contributed by atoms with Gasteiger partial charge in [0.1, 0.15) is 5.75 Å². The molecule has 0 fully saturated rings. The molecule has 0 aromatic heterocycles. The predicted octanol–water partition coefficient (Wildman–Crippen LogP) is 4.23. The SMILES string of the molecule is C=CC(=O)OCCCCCCCCOc1ccc(C=CC(=O)O)cc1. The van der Waals surface area contributed by atoms with Crippen LogP contribution >= 0.6 is 0 Å². The smallest absolute Gasteiger partial charge is 0.330 e. The third kappa shape index (κ3) is 10.8. The Kier molecular flexibility index (Phi) is 10.5. The average molecular weight is 346 g/mol. The zero-order valence-corrected chi connectivity index (χ0v) is 14.5. The molecule has 0 heterocycles. The van der Waals surface area contributed by atoms with Crippen molar-refractivity contribution >= 4 is 18.0 Å². The van der Waals surface area contributed by atoms with E-state index in [-0.39, 0.29) is 5.97 Å². The summed E-state index contributed by atoms with van der Waals surface area (Å²) in [6.07, 6.45) is 10.1. The van der Waals surface area contributed by atoms with E-state index >= 15 is 0 Å². The second-order valence-electron chi connectivity index (χ2n) is 5.58. The van der Waals surface area contributed by atoms with Crippen LogP contribution in [0, 0.1) is 0 Å². The lowest BCUT2D eigenvalue weighted by Crippen LogP contribution is -2.01. The van der Waals surface area contributed by atoms with Gasteiger partial charge in [-0.05, 0) is 36.6 Å². The van der Waals surface area contributed by atoms with Crippen LogP contribution in [0.1, 0.15) is 44.1 Å². The first kappa shape index (κ1) is 20.5. The summed E-state index contributed by atoms with van der Waals surface area (Å²) in [5, 5.41) is 8.57. The van der Waals surface area contributed by atoms with Crippen LogP contribution in [-0.4, -0.2) is 30.3 Å². The zero-order valence-electron chi connectivity index (χ0n) is 14.5. The van der Waals surface area contributed by atoms with Gasteiger partial charge in [-0.3, -0.25) is 0 Å². The van der Waals surface area contributed by atoms with Crippen LogP contribution in [-0.2, 0) is 14.3 Å². The first-order valence-electron chi connectivity index (χ1n) is 8.55. The largest absolute Gasteiger partial charge is 0.494 e. The van der Waals surface area contributed by atoms with Crippen molar-refractivity contribution in [3.05, 3.63) is 48.6 Å². The van der Waals surface area contributed by atoms with Crippen LogP contribution in [0.2, 0.25) is 0 Å². The van der Waals surface area contributed by atoms with Gasteiger partial charge in [-0.1, -0.05) is 44.4 Å². The van der Waals surface area contributed by atoms with E-state index in [1.165, 1.54) is 6.08 Å². The van der Waals surface area contributed by atoms with Gasteiger partial charge in [-0.2, -0.15) is 0 Å². The molecule has 0 amide bonds. The Bertz CT molecular complexity index is 560. The van der Waals surface area contributed by atoms with E-state index in [0.717, 1.165) is 55.9 Å². The van der Waals surface area contributed by atoms with E-state index in [1.54, 1.807) is 6.08 Å². The van der Waals surface area contributed by atoms with E-state index in [2.05, 4.69) is 6.58 Å². The van der Waals surface area contributed by atoms with Crippen molar-refractivity contribution in [3.63, 3.8) is 0 Å². The molecule has 1 N–H and O–H groups in total. The molecule has 1 rings (SSSR count). The summed E-state index contributed by atoms with van der Waals surface area (Å²) in [5.74, 6) is -0.530. The topological polar surface area (TPSA) is 72.8 Å². The summed E-state index contributed by atoms with van der Waals surface area (Å²) in [7, 11) is 0. The molecule has 0 radical (unpaired) electrons. The Morgan fingerprint density at radius 1 is 0.960 bits per heavy atom. The predicted molar refractivity (Wildman–Crippen MR) is 97.5 cm³/mol. The Morgan fingerprint density at radius 3 is 2.16 bits per heavy atom. The number of benzene rings is 1. The molecule has 0 spiro atoms. The minimum absolute atomic E-state index is 0.358. The normalized spacial score (nSPS) is 10.6. The molecule has 0 unspecified atom stereocenters. The molecule has 5 heteroatoms. The summed E-state index contributed by atoms with van der Waals surface area (Å²) < 4.78 is 10.6. The number of hydrogen-bond acceptors (Lipinski definition) is 4. The average Bonchev–Trinajstić information content (AvgIpc) is 2.62. The van der Waals surface area contributed by atoms with Crippen LogP contribution in [0.5, 0.6) is 5.75 Å². The van der Waals surface area contributed by atoms with Gasteiger partial charge in [0.2, 0.25) is 0 Å². The highest BCUT2D eigenvalue weighted by atomic mass is 16.5. The maximum atomic E-state index is 10.8. The van der Waals surface area contributed by atoms with E-state index in [0.29, 0.717) is 13.2 Å². The summed E-state index contributed by atoms with van der Waals surface area (Å²) >= 11 is 0.